The molecule has 0 amide bonds. The molecule has 3 nitrogen and oxygen atoms in total. The highest BCUT2D eigenvalue weighted by atomic mass is 16.5. The van der Waals surface area contributed by atoms with Gasteiger partial charge in [-0.1, -0.05) is 19.3 Å². The molecule has 20 heavy (non-hydrogen) atoms. The van der Waals surface area contributed by atoms with Crippen LogP contribution in [0.15, 0.2) is 0 Å². The van der Waals surface area contributed by atoms with Crippen molar-refractivity contribution in [2.24, 2.45) is 11.8 Å². The van der Waals surface area contributed by atoms with Gasteiger partial charge in [0.05, 0.1) is 5.60 Å². The maximum absolute atomic E-state index is 12.6. The lowest BCUT2D eigenvalue weighted by Gasteiger charge is -2.43. The number of ketones is 1. The molecule has 1 unspecified atom stereocenters. The van der Waals surface area contributed by atoms with Crippen LogP contribution >= 0.6 is 0 Å². The molecule has 3 fully saturated rings. The molecule has 0 aromatic carbocycles. The van der Waals surface area contributed by atoms with E-state index in [1.165, 1.54) is 44.9 Å². The fraction of sp³-hybridized carbons (Fsp3) is 0.941. The Bertz CT molecular complexity index is 324. The molecule has 0 aromatic heterocycles. The van der Waals surface area contributed by atoms with Gasteiger partial charge in [-0.2, -0.15) is 0 Å². The smallest absolute Gasteiger partial charge is 0.136 e. The van der Waals surface area contributed by atoms with Crippen LogP contribution in [0, 0.1) is 11.8 Å². The molecule has 2 saturated heterocycles. The zero-order valence-electron chi connectivity index (χ0n) is 12.7. The molecule has 3 heteroatoms. The third kappa shape index (κ3) is 3.43. The second-order valence-corrected chi connectivity index (χ2v) is 7.15. The molecule has 1 saturated carbocycles. The first-order chi connectivity index (χ1) is 9.77. The van der Waals surface area contributed by atoms with E-state index in [0.29, 0.717) is 11.7 Å². The summed E-state index contributed by atoms with van der Waals surface area (Å²) in [6.45, 7) is 2.99. The van der Waals surface area contributed by atoms with Crippen LogP contribution in [0.4, 0.5) is 0 Å². The second-order valence-electron chi connectivity index (χ2n) is 7.15. The third-order valence-electron chi connectivity index (χ3n) is 5.66. The zero-order valence-corrected chi connectivity index (χ0v) is 12.7. The van der Waals surface area contributed by atoms with Crippen molar-refractivity contribution in [3.05, 3.63) is 0 Å². The average Bonchev–Trinajstić information content (AvgIpc) is 2.49. The molecule has 0 radical (unpaired) electrons. The monoisotopic (exact) mass is 279 g/mol. The van der Waals surface area contributed by atoms with Gasteiger partial charge in [0, 0.05) is 18.9 Å². The normalized spacial score (nSPS) is 31.3. The predicted octanol–water partition coefficient (Wildman–Crippen LogP) is 3.07. The molecule has 1 N–H and O–H groups in total. The van der Waals surface area contributed by atoms with Crippen LogP contribution in [0.3, 0.4) is 0 Å². The van der Waals surface area contributed by atoms with Crippen LogP contribution in [0.5, 0.6) is 0 Å². The number of ether oxygens (including phenoxy) is 1. The number of piperidine rings is 1. The molecule has 1 atom stereocenters. The first-order valence-corrected chi connectivity index (χ1v) is 8.65. The number of carbonyl (C=O) groups excluding carboxylic acids is 1. The summed E-state index contributed by atoms with van der Waals surface area (Å²) >= 11 is 0. The SMILES string of the molecule is O=C(CC1CCNCC1)C1CCOC2(CCCCC2)C1. The van der Waals surface area contributed by atoms with Gasteiger partial charge in [0.1, 0.15) is 5.78 Å². The second kappa shape index (κ2) is 6.57. The van der Waals surface area contributed by atoms with E-state index in [2.05, 4.69) is 5.32 Å². The zero-order chi connectivity index (χ0) is 13.8. The number of hydrogen-bond acceptors (Lipinski definition) is 3. The van der Waals surface area contributed by atoms with E-state index < -0.39 is 0 Å². The first-order valence-electron chi connectivity index (χ1n) is 8.65. The molecular weight excluding hydrogens is 250 g/mol. The summed E-state index contributed by atoms with van der Waals surface area (Å²) in [4.78, 5) is 12.6. The first kappa shape index (κ1) is 14.5. The van der Waals surface area contributed by atoms with Crippen LogP contribution in [0.2, 0.25) is 0 Å². The topological polar surface area (TPSA) is 38.3 Å². The summed E-state index contributed by atoms with van der Waals surface area (Å²) < 4.78 is 6.11. The van der Waals surface area contributed by atoms with Gasteiger partial charge in [0.25, 0.3) is 0 Å². The summed E-state index contributed by atoms with van der Waals surface area (Å²) in [5.41, 5.74) is 0.0744. The minimum absolute atomic E-state index is 0.0744. The van der Waals surface area contributed by atoms with Gasteiger partial charge in [0.2, 0.25) is 0 Å². The Kier molecular flexibility index (Phi) is 4.77. The molecule has 3 rings (SSSR count). The molecule has 2 aliphatic heterocycles. The van der Waals surface area contributed by atoms with Gasteiger partial charge in [-0.3, -0.25) is 4.79 Å². The van der Waals surface area contributed by atoms with Crippen molar-refractivity contribution < 1.29 is 9.53 Å². The van der Waals surface area contributed by atoms with E-state index in [9.17, 15) is 4.79 Å². The van der Waals surface area contributed by atoms with Crippen molar-refractivity contribution in [2.75, 3.05) is 19.7 Å². The van der Waals surface area contributed by atoms with Crippen molar-refractivity contribution in [1.29, 1.82) is 0 Å². The lowest BCUT2D eigenvalue weighted by molar-refractivity contribution is -0.143. The largest absolute Gasteiger partial charge is 0.375 e. The van der Waals surface area contributed by atoms with Crippen molar-refractivity contribution in [1.82, 2.24) is 5.32 Å². The Morgan fingerprint density at radius 3 is 2.60 bits per heavy atom. The van der Waals surface area contributed by atoms with Gasteiger partial charge >= 0.3 is 0 Å². The minimum Gasteiger partial charge on any atom is -0.375 e. The lowest BCUT2D eigenvalue weighted by Crippen LogP contribution is -2.43. The highest BCUT2D eigenvalue weighted by Gasteiger charge is 2.40. The molecule has 1 spiro atoms. The van der Waals surface area contributed by atoms with Crippen molar-refractivity contribution in [3.63, 3.8) is 0 Å². The van der Waals surface area contributed by atoms with Crippen LogP contribution in [0.25, 0.3) is 0 Å². The van der Waals surface area contributed by atoms with Crippen LogP contribution in [-0.4, -0.2) is 31.1 Å². The predicted molar refractivity (Wildman–Crippen MR) is 79.7 cm³/mol. The van der Waals surface area contributed by atoms with E-state index >= 15 is 0 Å². The molecule has 114 valence electrons. The van der Waals surface area contributed by atoms with E-state index in [1.54, 1.807) is 0 Å². The molecular formula is C17H29NO2. The summed E-state index contributed by atoms with van der Waals surface area (Å²) in [5.74, 6) is 1.45. The summed E-state index contributed by atoms with van der Waals surface area (Å²) in [6, 6.07) is 0. The highest BCUT2D eigenvalue weighted by Crippen LogP contribution is 2.41. The van der Waals surface area contributed by atoms with Gasteiger partial charge < -0.3 is 10.1 Å². The Balaban J connectivity index is 1.54. The van der Waals surface area contributed by atoms with E-state index in [1.807, 2.05) is 0 Å². The minimum atomic E-state index is 0.0744. The lowest BCUT2D eigenvalue weighted by atomic mass is 9.74. The van der Waals surface area contributed by atoms with Crippen LogP contribution in [-0.2, 0) is 9.53 Å². The summed E-state index contributed by atoms with van der Waals surface area (Å²) in [7, 11) is 0. The third-order valence-corrected chi connectivity index (χ3v) is 5.66. The Morgan fingerprint density at radius 1 is 1.10 bits per heavy atom. The van der Waals surface area contributed by atoms with Crippen LogP contribution in [0.1, 0.15) is 64.2 Å². The molecule has 3 aliphatic rings. The molecule has 2 heterocycles. The van der Waals surface area contributed by atoms with Crippen molar-refractivity contribution in [3.8, 4) is 0 Å². The standard InChI is InChI=1S/C17H29NO2/c19-16(12-14-4-9-18-10-5-14)15-6-11-20-17(13-15)7-2-1-3-8-17/h14-15,18H,1-13H2. The number of carbonyl (C=O) groups is 1. The molecule has 1 aliphatic carbocycles. The summed E-state index contributed by atoms with van der Waals surface area (Å²) in [6.07, 6.45) is 11.4. The number of Topliss-reactive ketones (excluding diaryl/α,β-unsaturated/α-hetero) is 1. The van der Waals surface area contributed by atoms with Crippen LogP contribution < -0.4 is 5.32 Å². The quantitative estimate of drug-likeness (QED) is 0.863. The average molecular weight is 279 g/mol. The van der Waals surface area contributed by atoms with E-state index in [-0.39, 0.29) is 11.5 Å². The maximum Gasteiger partial charge on any atom is 0.136 e. The number of rotatable bonds is 3. The molecule has 0 aromatic rings. The van der Waals surface area contributed by atoms with Gasteiger partial charge in [-0.25, -0.2) is 0 Å². The summed E-state index contributed by atoms with van der Waals surface area (Å²) in [5, 5.41) is 3.38. The number of hydrogen-bond donors (Lipinski definition) is 1. The van der Waals surface area contributed by atoms with Crippen molar-refractivity contribution in [2.45, 2.75) is 69.8 Å². The fourth-order valence-corrected chi connectivity index (χ4v) is 4.38. The maximum atomic E-state index is 12.6. The van der Waals surface area contributed by atoms with Crippen molar-refractivity contribution >= 4 is 5.78 Å². The number of nitrogens with one attached hydrogen (secondary N) is 1. The van der Waals surface area contributed by atoms with E-state index in [4.69, 9.17) is 4.74 Å². The van der Waals surface area contributed by atoms with E-state index in [0.717, 1.165) is 39.0 Å². The Hall–Kier alpha value is -0.410. The Morgan fingerprint density at radius 2 is 1.85 bits per heavy atom. The fourth-order valence-electron chi connectivity index (χ4n) is 4.38. The van der Waals surface area contributed by atoms with Gasteiger partial charge in [-0.15, -0.1) is 0 Å². The van der Waals surface area contributed by atoms with Gasteiger partial charge in [0.15, 0.2) is 0 Å². The molecule has 0 bridgehead atoms. The Labute approximate surface area is 122 Å². The van der Waals surface area contributed by atoms with Gasteiger partial charge in [-0.05, 0) is 57.5 Å². The highest BCUT2D eigenvalue weighted by molar-refractivity contribution is 5.81.